The number of hydrogen-bond donors (Lipinski definition) is 1. The van der Waals surface area contributed by atoms with Crippen molar-refractivity contribution in [2.45, 2.75) is 44.8 Å². The van der Waals surface area contributed by atoms with E-state index in [9.17, 15) is 4.79 Å². The third-order valence-electron chi connectivity index (χ3n) is 6.12. The lowest BCUT2D eigenvalue weighted by atomic mass is 9.85. The summed E-state index contributed by atoms with van der Waals surface area (Å²) in [7, 11) is 0. The number of aromatic nitrogens is 1. The van der Waals surface area contributed by atoms with Crippen molar-refractivity contribution < 1.29 is 9.53 Å². The zero-order valence-corrected chi connectivity index (χ0v) is 18.7. The second kappa shape index (κ2) is 10.4. The largest absolute Gasteiger partial charge is 0.471 e. The van der Waals surface area contributed by atoms with Crippen LogP contribution in [0.1, 0.15) is 37.3 Å². The molecule has 2 heterocycles. The number of amides is 1. The van der Waals surface area contributed by atoms with Gasteiger partial charge in [0.2, 0.25) is 11.8 Å². The first-order valence-electron chi connectivity index (χ1n) is 11.3. The molecular formula is C27H31N3O2. The van der Waals surface area contributed by atoms with E-state index in [0.29, 0.717) is 5.88 Å². The molecule has 0 bridgehead atoms. The minimum Gasteiger partial charge on any atom is -0.471 e. The molecule has 1 fully saturated rings. The van der Waals surface area contributed by atoms with Gasteiger partial charge in [-0.3, -0.25) is 9.69 Å². The van der Waals surface area contributed by atoms with Gasteiger partial charge in [0.25, 0.3) is 0 Å². The van der Waals surface area contributed by atoms with Crippen molar-refractivity contribution in [3.05, 3.63) is 90.1 Å². The molecule has 1 aliphatic heterocycles. The van der Waals surface area contributed by atoms with Crippen LogP contribution >= 0.6 is 0 Å². The molecule has 0 atom stereocenters. The quantitative estimate of drug-likeness (QED) is 0.542. The maximum Gasteiger partial charge on any atom is 0.221 e. The highest BCUT2D eigenvalue weighted by Crippen LogP contribution is 2.33. The molecule has 1 N–H and O–H groups in total. The Bertz CT molecular complexity index is 982. The lowest BCUT2D eigenvalue weighted by Gasteiger charge is -2.42. The highest BCUT2D eigenvalue weighted by Gasteiger charge is 2.36. The maximum absolute atomic E-state index is 11.2. The fourth-order valence-electron chi connectivity index (χ4n) is 4.32. The summed E-state index contributed by atoms with van der Waals surface area (Å²) in [6.07, 6.45) is 5.71. The van der Waals surface area contributed by atoms with Crippen molar-refractivity contribution in [2.75, 3.05) is 18.4 Å². The molecule has 1 saturated heterocycles. The minimum absolute atomic E-state index is 0.0477. The molecule has 1 aliphatic rings. The zero-order valence-electron chi connectivity index (χ0n) is 18.7. The van der Waals surface area contributed by atoms with Gasteiger partial charge < -0.3 is 10.1 Å². The molecule has 5 heteroatoms. The molecule has 32 heavy (non-hydrogen) atoms. The molecule has 0 radical (unpaired) electrons. The number of hydrogen-bond acceptors (Lipinski definition) is 4. The number of likely N-dealkylation sites (tertiary alicyclic amines) is 1. The molecule has 1 amide bonds. The maximum atomic E-state index is 11.2. The van der Waals surface area contributed by atoms with E-state index in [-0.39, 0.29) is 11.5 Å². The van der Waals surface area contributed by atoms with Crippen molar-refractivity contribution in [3.63, 3.8) is 0 Å². The summed E-state index contributed by atoms with van der Waals surface area (Å²) in [4.78, 5) is 18.1. The van der Waals surface area contributed by atoms with Crippen LogP contribution in [0.2, 0.25) is 0 Å². The van der Waals surface area contributed by atoms with Gasteiger partial charge in [-0.05, 0) is 55.0 Å². The average molecular weight is 430 g/mol. The Kier molecular flexibility index (Phi) is 7.17. The Balaban J connectivity index is 1.39. The van der Waals surface area contributed by atoms with Crippen LogP contribution in [0.25, 0.3) is 0 Å². The van der Waals surface area contributed by atoms with E-state index in [2.05, 4.69) is 57.7 Å². The van der Waals surface area contributed by atoms with E-state index in [1.807, 2.05) is 30.3 Å². The monoisotopic (exact) mass is 429 g/mol. The van der Waals surface area contributed by atoms with Gasteiger partial charge in [-0.2, -0.15) is 0 Å². The van der Waals surface area contributed by atoms with Crippen molar-refractivity contribution in [2.24, 2.45) is 0 Å². The molecule has 0 spiro atoms. The normalized spacial score (nSPS) is 15.8. The smallest absolute Gasteiger partial charge is 0.221 e. The Morgan fingerprint density at radius 3 is 2.34 bits per heavy atom. The van der Waals surface area contributed by atoms with Gasteiger partial charge in [0.05, 0.1) is 0 Å². The minimum atomic E-state index is -0.198. The first-order valence-corrected chi connectivity index (χ1v) is 11.3. The SMILES string of the molecule is CC(=O)Nc1ccc(CN2CCC(CCc3ccccc3)(Oc3ccccn3)CC2)cc1. The Labute approximate surface area is 190 Å². The van der Waals surface area contributed by atoms with Gasteiger partial charge in [0.1, 0.15) is 5.60 Å². The predicted octanol–water partition coefficient (Wildman–Crippen LogP) is 5.09. The van der Waals surface area contributed by atoms with Gasteiger partial charge in [-0.25, -0.2) is 4.98 Å². The van der Waals surface area contributed by atoms with Crippen LogP contribution in [0, 0.1) is 0 Å². The lowest BCUT2D eigenvalue weighted by Crippen LogP contribution is -2.48. The topological polar surface area (TPSA) is 54.5 Å². The Morgan fingerprint density at radius 2 is 1.69 bits per heavy atom. The highest BCUT2D eigenvalue weighted by molar-refractivity contribution is 5.88. The van der Waals surface area contributed by atoms with Crippen molar-refractivity contribution in [3.8, 4) is 5.88 Å². The Morgan fingerprint density at radius 1 is 0.969 bits per heavy atom. The first kappa shape index (κ1) is 22.0. The number of carbonyl (C=O) groups excluding carboxylic acids is 1. The van der Waals surface area contributed by atoms with Gasteiger partial charge in [-0.1, -0.05) is 48.5 Å². The molecule has 166 valence electrons. The Hall–Kier alpha value is -3.18. The summed E-state index contributed by atoms with van der Waals surface area (Å²) in [5.74, 6) is 0.663. The lowest BCUT2D eigenvalue weighted by molar-refractivity contribution is -0.114. The fourth-order valence-corrected chi connectivity index (χ4v) is 4.32. The standard InChI is InChI=1S/C27H31N3O2/c1-22(31)29-25-12-10-24(11-13-25)21-30-19-16-27(17-20-30,32-26-9-5-6-18-28-26)15-14-23-7-3-2-4-8-23/h2-13,18H,14-17,19-21H2,1H3,(H,29,31). The van der Waals surface area contributed by atoms with Crippen LogP contribution < -0.4 is 10.1 Å². The van der Waals surface area contributed by atoms with Crippen LogP contribution in [0.15, 0.2) is 79.0 Å². The molecule has 2 aromatic carbocycles. The van der Waals surface area contributed by atoms with Crippen LogP contribution in [-0.2, 0) is 17.8 Å². The molecule has 1 aromatic heterocycles. The van der Waals surface area contributed by atoms with E-state index in [1.165, 1.54) is 18.1 Å². The third kappa shape index (κ3) is 6.17. The summed E-state index contributed by atoms with van der Waals surface area (Å²) < 4.78 is 6.54. The number of nitrogens with zero attached hydrogens (tertiary/aromatic N) is 2. The molecule has 0 saturated carbocycles. The molecule has 3 aromatic rings. The molecular weight excluding hydrogens is 398 g/mol. The van der Waals surface area contributed by atoms with Gasteiger partial charge in [-0.15, -0.1) is 0 Å². The summed E-state index contributed by atoms with van der Waals surface area (Å²) in [6.45, 7) is 4.39. The van der Waals surface area contributed by atoms with E-state index >= 15 is 0 Å². The van der Waals surface area contributed by atoms with Crippen molar-refractivity contribution >= 4 is 11.6 Å². The molecule has 5 nitrogen and oxygen atoms in total. The zero-order chi connectivity index (χ0) is 22.2. The number of aryl methyl sites for hydroxylation is 1. The van der Waals surface area contributed by atoms with Crippen LogP contribution in [0.4, 0.5) is 5.69 Å². The average Bonchev–Trinajstić information content (AvgIpc) is 2.82. The second-order valence-corrected chi connectivity index (χ2v) is 8.59. The number of anilines is 1. The molecule has 4 rings (SSSR count). The fraction of sp³-hybridized carbons (Fsp3) is 0.333. The van der Waals surface area contributed by atoms with Gasteiger partial charge in [0.15, 0.2) is 0 Å². The van der Waals surface area contributed by atoms with Crippen LogP contribution in [-0.4, -0.2) is 34.5 Å². The highest BCUT2D eigenvalue weighted by atomic mass is 16.5. The summed E-state index contributed by atoms with van der Waals surface area (Å²) >= 11 is 0. The predicted molar refractivity (Wildman–Crippen MR) is 128 cm³/mol. The number of piperidine rings is 1. The number of rotatable bonds is 8. The van der Waals surface area contributed by atoms with E-state index < -0.39 is 0 Å². The van der Waals surface area contributed by atoms with Crippen molar-refractivity contribution in [1.82, 2.24) is 9.88 Å². The van der Waals surface area contributed by atoms with E-state index in [0.717, 1.165) is 51.0 Å². The summed E-state index contributed by atoms with van der Waals surface area (Å²) in [5.41, 5.74) is 3.24. The second-order valence-electron chi connectivity index (χ2n) is 8.59. The molecule has 0 aliphatic carbocycles. The summed E-state index contributed by atoms with van der Waals surface area (Å²) in [6, 6.07) is 24.6. The van der Waals surface area contributed by atoms with Crippen LogP contribution in [0.5, 0.6) is 5.88 Å². The van der Waals surface area contributed by atoms with E-state index in [4.69, 9.17) is 4.74 Å². The number of benzene rings is 2. The van der Waals surface area contributed by atoms with E-state index in [1.54, 1.807) is 6.20 Å². The first-order chi connectivity index (χ1) is 15.6. The molecule has 0 unspecified atom stereocenters. The number of ether oxygens (including phenoxy) is 1. The van der Waals surface area contributed by atoms with Crippen molar-refractivity contribution in [1.29, 1.82) is 0 Å². The number of nitrogens with one attached hydrogen (secondary N) is 1. The number of pyridine rings is 1. The van der Waals surface area contributed by atoms with Gasteiger partial charge >= 0.3 is 0 Å². The summed E-state index contributed by atoms with van der Waals surface area (Å²) in [5, 5.41) is 2.82. The number of carbonyl (C=O) groups is 1. The van der Waals surface area contributed by atoms with Crippen LogP contribution in [0.3, 0.4) is 0 Å². The third-order valence-corrected chi connectivity index (χ3v) is 6.12. The van der Waals surface area contributed by atoms with Gasteiger partial charge in [0, 0.05) is 44.5 Å².